The van der Waals surface area contributed by atoms with Gasteiger partial charge in [-0.05, 0) is 13.1 Å². The van der Waals surface area contributed by atoms with Gasteiger partial charge < -0.3 is 14.8 Å². The molecule has 0 heterocycles. The highest BCUT2D eigenvalue weighted by Crippen LogP contribution is 2.24. The molecule has 0 aliphatic heterocycles. The Balaban J connectivity index is 0.00000169. The van der Waals surface area contributed by atoms with Crippen LogP contribution in [0.5, 0.6) is 11.5 Å². The summed E-state index contributed by atoms with van der Waals surface area (Å²) in [6.07, 6.45) is 0. The molecule has 3 nitrogen and oxygen atoms in total. The Hall–Kier alpha value is -0.930. The third-order valence-electron chi connectivity index (χ3n) is 1.86. The van der Waals surface area contributed by atoms with Crippen LogP contribution in [0.2, 0.25) is 0 Å². The van der Waals surface area contributed by atoms with Crippen molar-refractivity contribution < 1.29 is 9.47 Å². The first kappa shape index (κ1) is 13.1. The summed E-state index contributed by atoms with van der Waals surface area (Å²) in [6.45, 7) is 0.799. The minimum atomic E-state index is 0. The zero-order chi connectivity index (χ0) is 9.68. The zero-order valence-corrected chi connectivity index (χ0v) is 9.48. The Bertz CT molecular complexity index is 279. The summed E-state index contributed by atoms with van der Waals surface area (Å²) in [5.74, 6) is 1.67. The predicted molar refractivity (Wildman–Crippen MR) is 59.6 cm³/mol. The number of methoxy groups -OCH3 is 2. The Morgan fingerprint density at radius 3 is 2.43 bits per heavy atom. The molecule has 0 fully saturated rings. The quantitative estimate of drug-likeness (QED) is 0.835. The smallest absolute Gasteiger partial charge is 0.127 e. The van der Waals surface area contributed by atoms with Crippen LogP contribution < -0.4 is 14.8 Å². The number of hydrogen-bond acceptors (Lipinski definition) is 3. The van der Waals surface area contributed by atoms with Crippen molar-refractivity contribution in [3.8, 4) is 11.5 Å². The van der Waals surface area contributed by atoms with Crippen LogP contribution in [0.4, 0.5) is 0 Å². The molecule has 14 heavy (non-hydrogen) atoms. The van der Waals surface area contributed by atoms with Gasteiger partial charge in [0.05, 0.1) is 14.2 Å². The Kier molecular flexibility index (Phi) is 6.08. The normalized spacial score (nSPS) is 9.07. The van der Waals surface area contributed by atoms with Crippen molar-refractivity contribution in [1.29, 1.82) is 0 Å². The molecule has 0 atom stereocenters. The van der Waals surface area contributed by atoms with Gasteiger partial charge in [-0.1, -0.05) is 6.07 Å². The second-order valence-electron chi connectivity index (χ2n) is 2.71. The van der Waals surface area contributed by atoms with E-state index in [4.69, 9.17) is 9.47 Å². The van der Waals surface area contributed by atoms with Gasteiger partial charge in [-0.3, -0.25) is 0 Å². The fourth-order valence-electron chi connectivity index (χ4n) is 1.19. The number of ether oxygens (including phenoxy) is 2. The minimum Gasteiger partial charge on any atom is -0.497 e. The van der Waals surface area contributed by atoms with Crippen molar-refractivity contribution in [3.63, 3.8) is 0 Å². The maximum atomic E-state index is 5.22. The zero-order valence-electron chi connectivity index (χ0n) is 8.66. The summed E-state index contributed by atoms with van der Waals surface area (Å²) in [5.41, 5.74) is 1.13. The topological polar surface area (TPSA) is 30.5 Å². The van der Waals surface area contributed by atoms with Gasteiger partial charge in [0.2, 0.25) is 0 Å². The standard InChI is InChI=1S/C10H15NO2.ClH/c1-11-7-8-4-5-9(12-2)6-10(8)13-3;/h4-6,11H,7H2,1-3H3;1H. The minimum absolute atomic E-state index is 0. The number of benzene rings is 1. The summed E-state index contributed by atoms with van der Waals surface area (Å²) >= 11 is 0. The molecule has 1 rings (SSSR count). The Morgan fingerprint density at radius 2 is 1.93 bits per heavy atom. The lowest BCUT2D eigenvalue weighted by atomic mass is 10.2. The van der Waals surface area contributed by atoms with E-state index in [1.165, 1.54) is 0 Å². The second-order valence-corrected chi connectivity index (χ2v) is 2.71. The summed E-state index contributed by atoms with van der Waals surface area (Å²) in [6, 6.07) is 5.80. The van der Waals surface area contributed by atoms with E-state index in [9.17, 15) is 0 Å². The van der Waals surface area contributed by atoms with Gasteiger partial charge >= 0.3 is 0 Å². The lowest BCUT2D eigenvalue weighted by Gasteiger charge is -2.09. The molecule has 80 valence electrons. The third kappa shape index (κ3) is 3.09. The number of rotatable bonds is 4. The van der Waals surface area contributed by atoms with E-state index in [2.05, 4.69) is 5.32 Å². The van der Waals surface area contributed by atoms with Gasteiger partial charge in [-0.2, -0.15) is 0 Å². The van der Waals surface area contributed by atoms with E-state index in [0.717, 1.165) is 23.6 Å². The monoisotopic (exact) mass is 217 g/mol. The highest BCUT2D eigenvalue weighted by atomic mass is 35.5. The maximum absolute atomic E-state index is 5.22. The second kappa shape index (κ2) is 6.51. The van der Waals surface area contributed by atoms with Crippen LogP contribution >= 0.6 is 12.4 Å². The van der Waals surface area contributed by atoms with Crippen LogP contribution in [0.1, 0.15) is 5.56 Å². The van der Waals surface area contributed by atoms with E-state index in [1.807, 2.05) is 25.2 Å². The molecule has 0 amide bonds. The van der Waals surface area contributed by atoms with Crippen LogP contribution in [0.15, 0.2) is 18.2 Å². The Labute approximate surface area is 90.8 Å². The van der Waals surface area contributed by atoms with Crippen LogP contribution in [0.3, 0.4) is 0 Å². The van der Waals surface area contributed by atoms with Crippen molar-refractivity contribution in [2.45, 2.75) is 6.54 Å². The third-order valence-corrected chi connectivity index (χ3v) is 1.86. The van der Waals surface area contributed by atoms with Crippen molar-refractivity contribution in [2.24, 2.45) is 0 Å². The van der Waals surface area contributed by atoms with Crippen molar-refractivity contribution in [1.82, 2.24) is 5.32 Å². The molecule has 1 aromatic rings. The molecule has 4 heteroatoms. The molecule has 0 saturated heterocycles. The van der Waals surface area contributed by atoms with E-state index < -0.39 is 0 Å². The van der Waals surface area contributed by atoms with Crippen molar-refractivity contribution >= 4 is 12.4 Å². The SMILES string of the molecule is CNCc1ccc(OC)cc1OC.Cl. The van der Waals surface area contributed by atoms with Crippen molar-refractivity contribution in [2.75, 3.05) is 21.3 Å². The van der Waals surface area contributed by atoms with Crippen LogP contribution in [-0.2, 0) is 6.54 Å². The number of hydrogen-bond donors (Lipinski definition) is 1. The first-order valence-electron chi connectivity index (χ1n) is 4.17. The molecule has 0 unspecified atom stereocenters. The highest BCUT2D eigenvalue weighted by Gasteiger charge is 2.02. The molecule has 0 bridgehead atoms. The first-order chi connectivity index (χ1) is 6.31. The van der Waals surface area contributed by atoms with Crippen LogP contribution in [0, 0.1) is 0 Å². The molecular formula is C10H16ClNO2. The molecule has 0 aromatic heterocycles. The molecule has 0 saturated carbocycles. The summed E-state index contributed by atoms with van der Waals surface area (Å²) in [7, 11) is 5.21. The number of halogens is 1. The predicted octanol–water partition coefficient (Wildman–Crippen LogP) is 1.85. The van der Waals surface area contributed by atoms with Gasteiger partial charge in [-0.15, -0.1) is 12.4 Å². The molecule has 1 aromatic carbocycles. The van der Waals surface area contributed by atoms with E-state index >= 15 is 0 Å². The average molecular weight is 218 g/mol. The Morgan fingerprint density at radius 1 is 1.21 bits per heavy atom. The molecular weight excluding hydrogens is 202 g/mol. The lowest BCUT2D eigenvalue weighted by molar-refractivity contribution is 0.390. The molecule has 0 aliphatic rings. The average Bonchev–Trinajstić information content (AvgIpc) is 2.19. The number of nitrogens with one attached hydrogen (secondary N) is 1. The molecule has 0 spiro atoms. The lowest BCUT2D eigenvalue weighted by Crippen LogP contribution is -2.06. The van der Waals surface area contributed by atoms with E-state index in [1.54, 1.807) is 14.2 Å². The van der Waals surface area contributed by atoms with Crippen LogP contribution in [0.25, 0.3) is 0 Å². The van der Waals surface area contributed by atoms with Gasteiger partial charge in [0.1, 0.15) is 11.5 Å². The molecule has 0 radical (unpaired) electrons. The van der Waals surface area contributed by atoms with Gasteiger partial charge in [-0.25, -0.2) is 0 Å². The largest absolute Gasteiger partial charge is 0.497 e. The van der Waals surface area contributed by atoms with E-state index in [-0.39, 0.29) is 12.4 Å². The highest BCUT2D eigenvalue weighted by molar-refractivity contribution is 5.85. The van der Waals surface area contributed by atoms with Gasteiger partial charge in [0.15, 0.2) is 0 Å². The van der Waals surface area contributed by atoms with E-state index in [0.29, 0.717) is 0 Å². The fraction of sp³-hybridized carbons (Fsp3) is 0.400. The fourth-order valence-corrected chi connectivity index (χ4v) is 1.19. The molecule has 1 N–H and O–H groups in total. The summed E-state index contributed by atoms with van der Waals surface area (Å²) < 4.78 is 10.3. The molecule has 0 aliphatic carbocycles. The summed E-state index contributed by atoms with van der Waals surface area (Å²) in [5, 5.41) is 3.08. The van der Waals surface area contributed by atoms with Gasteiger partial charge in [0.25, 0.3) is 0 Å². The van der Waals surface area contributed by atoms with Gasteiger partial charge in [0, 0.05) is 18.2 Å². The summed E-state index contributed by atoms with van der Waals surface area (Å²) in [4.78, 5) is 0. The van der Waals surface area contributed by atoms with Crippen molar-refractivity contribution in [3.05, 3.63) is 23.8 Å². The van der Waals surface area contributed by atoms with Crippen LogP contribution in [-0.4, -0.2) is 21.3 Å². The maximum Gasteiger partial charge on any atom is 0.127 e. The first-order valence-corrected chi connectivity index (χ1v) is 4.17.